The summed E-state index contributed by atoms with van der Waals surface area (Å²) in [6, 6.07) is 5.66. The maximum Gasteiger partial charge on any atom is 0.338 e. The van der Waals surface area contributed by atoms with Crippen LogP contribution in [0.3, 0.4) is 0 Å². The number of esters is 1. The highest BCUT2D eigenvalue weighted by Crippen LogP contribution is 2.33. The molecule has 6 heteroatoms. The number of benzene rings is 1. The third-order valence-electron chi connectivity index (χ3n) is 4.83. The predicted octanol–water partition coefficient (Wildman–Crippen LogP) is 3.84. The fourth-order valence-corrected chi connectivity index (χ4v) is 4.73. The van der Waals surface area contributed by atoms with Gasteiger partial charge in [-0.15, -0.1) is 11.3 Å². The van der Waals surface area contributed by atoms with Gasteiger partial charge in [0.15, 0.2) is 0 Å². The Hall–Kier alpha value is -2.47. The minimum absolute atomic E-state index is 0.0417. The number of aryl methyl sites for hydroxylation is 4. The Balaban J connectivity index is 1.59. The maximum absolute atomic E-state index is 12.5. The van der Waals surface area contributed by atoms with Crippen molar-refractivity contribution >= 4 is 27.5 Å². The number of hydrogen-bond donors (Lipinski definition) is 1. The van der Waals surface area contributed by atoms with E-state index in [0.717, 1.165) is 47.2 Å². The zero-order valence-electron chi connectivity index (χ0n) is 14.8. The summed E-state index contributed by atoms with van der Waals surface area (Å²) >= 11 is 1.59. The summed E-state index contributed by atoms with van der Waals surface area (Å²) in [6.07, 6.45) is 4.25. The molecular weight excluding hydrogens is 348 g/mol. The number of H-pyrrole nitrogens is 1. The van der Waals surface area contributed by atoms with Gasteiger partial charge in [0.25, 0.3) is 5.56 Å². The minimum atomic E-state index is -0.403. The quantitative estimate of drug-likeness (QED) is 0.713. The first-order chi connectivity index (χ1) is 12.5. The molecule has 1 N–H and O–H groups in total. The molecule has 134 valence electrons. The lowest BCUT2D eigenvalue weighted by Crippen LogP contribution is -2.15. The van der Waals surface area contributed by atoms with Crippen LogP contribution >= 0.6 is 11.3 Å². The molecule has 0 atom stereocenters. The Morgan fingerprint density at radius 3 is 2.92 bits per heavy atom. The van der Waals surface area contributed by atoms with E-state index < -0.39 is 5.97 Å². The van der Waals surface area contributed by atoms with Gasteiger partial charge in [-0.2, -0.15) is 0 Å². The normalized spacial score (nSPS) is 13.6. The number of carbonyl (C=O) groups excluding carboxylic acids is 1. The summed E-state index contributed by atoms with van der Waals surface area (Å²) in [6.45, 7) is 3.76. The molecule has 4 rings (SSSR count). The van der Waals surface area contributed by atoms with Crippen molar-refractivity contribution in [3.8, 4) is 0 Å². The predicted molar refractivity (Wildman–Crippen MR) is 102 cm³/mol. The van der Waals surface area contributed by atoms with Crippen molar-refractivity contribution in [3.63, 3.8) is 0 Å². The molecule has 0 saturated heterocycles. The second-order valence-corrected chi connectivity index (χ2v) is 7.88. The highest BCUT2D eigenvalue weighted by Gasteiger charge is 2.20. The van der Waals surface area contributed by atoms with Gasteiger partial charge in [-0.1, -0.05) is 17.7 Å². The van der Waals surface area contributed by atoms with E-state index in [9.17, 15) is 9.59 Å². The van der Waals surface area contributed by atoms with Crippen LogP contribution in [0.15, 0.2) is 23.0 Å². The number of fused-ring (bicyclic) bond motifs is 3. The van der Waals surface area contributed by atoms with Gasteiger partial charge in [-0.3, -0.25) is 4.79 Å². The first-order valence-electron chi connectivity index (χ1n) is 8.81. The Labute approximate surface area is 155 Å². The third-order valence-corrected chi connectivity index (χ3v) is 6.01. The molecule has 0 bridgehead atoms. The van der Waals surface area contributed by atoms with E-state index in [2.05, 4.69) is 9.97 Å². The lowest BCUT2D eigenvalue weighted by Gasteiger charge is -2.09. The molecule has 0 fully saturated rings. The summed E-state index contributed by atoms with van der Waals surface area (Å²) in [5.74, 6) is -0.0147. The highest BCUT2D eigenvalue weighted by atomic mass is 32.1. The van der Waals surface area contributed by atoms with Crippen LogP contribution in [0.1, 0.15) is 50.6 Å². The van der Waals surface area contributed by atoms with Crippen molar-refractivity contribution in [2.75, 3.05) is 0 Å². The fraction of sp³-hybridized carbons (Fsp3) is 0.350. The van der Waals surface area contributed by atoms with E-state index in [0.29, 0.717) is 16.8 Å². The molecule has 0 saturated carbocycles. The second kappa shape index (κ2) is 6.68. The molecule has 26 heavy (non-hydrogen) atoms. The first kappa shape index (κ1) is 17.0. The topological polar surface area (TPSA) is 72.0 Å². The van der Waals surface area contributed by atoms with Gasteiger partial charge in [0.2, 0.25) is 0 Å². The standard InChI is InChI=1S/C20H20N2O3S/c1-11-7-8-12(2)14(9-11)20(24)25-10-16-21-18(23)17-13-5-3-4-6-15(13)26-19(17)22-16/h7-9H,3-6,10H2,1-2H3,(H,21,22,23). The van der Waals surface area contributed by atoms with Crippen LogP contribution in [0.4, 0.5) is 0 Å². The van der Waals surface area contributed by atoms with E-state index in [4.69, 9.17) is 4.74 Å². The average Bonchev–Trinajstić information content (AvgIpc) is 3.00. The van der Waals surface area contributed by atoms with Crippen molar-refractivity contribution < 1.29 is 9.53 Å². The summed E-state index contributed by atoms with van der Waals surface area (Å²) in [5, 5.41) is 0.717. The lowest BCUT2D eigenvalue weighted by atomic mass is 9.97. The molecule has 0 radical (unpaired) electrons. The second-order valence-electron chi connectivity index (χ2n) is 6.80. The fourth-order valence-electron chi connectivity index (χ4n) is 3.44. The van der Waals surface area contributed by atoms with Crippen LogP contribution in [0, 0.1) is 13.8 Å². The van der Waals surface area contributed by atoms with Crippen LogP contribution in [0.5, 0.6) is 0 Å². The molecule has 0 spiro atoms. The molecule has 1 aromatic carbocycles. The molecule has 0 amide bonds. The molecule has 2 heterocycles. The van der Waals surface area contributed by atoms with Gasteiger partial charge < -0.3 is 9.72 Å². The van der Waals surface area contributed by atoms with Crippen molar-refractivity contribution in [2.24, 2.45) is 0 Å². The lowest BCUT2D eigenvalue weighted by molar-refractivity contribution is 0.0461. The molecule has 3 aromatic rings. The van der Waals surface area contributed by atoms with Crippen LogP contribution in [-0.4, -0.2) is 15.9 Å². The van der Waals surface area contributed by atoms with E-state index in [-0.39, 0.29) is 12.2 Å². The number of thiophene rings is 1. The Kier molecular flexibility index (Phi) is 4.36. The van der Waals surface area contributed by atoms with Crippen LogP contribution < -0.4 is 5.56 Å². The summed E-state index contributed by atoms with van der Waals surface area (Å²) in [5.41, 5.74) is 3.43. The molecule has 1 aliphatic rings. The van der Waals surface area contributed by atoms with E-state index in [1.54, 1.807) is 11.3 Å². The van der Waals surface area contributed by atoms with Crippen LogP contribution in [0.2, 0.25) is 0 Å². The van der Waals surface area contributed by atoms with Gasteiger partial charge in [0.05, 0.1) is 10.9 Å². The maximum atomic E-state index is 12.5. The number of aromatic amines is 1. The zero-order valence-corrected chi connectivity index (χ0v) is 15.7. The van der Waals surface area contributed by atoms with Crippen molar-refractivity contribution in [1.82, 2.24) is 9.97 Å². The number of nitrogens with one attached hydrogen (secondary N) is 1. The molecule has 0 aliphatic heterocycles. The smallest absolute Gasteiger partial charge is 0.338 e. The van der Waals surface area contributed by atoms with Crippen molar-refractivity contribution in [1.29, 1.82) is 0 Å². The summed E-state index contributed by atoms with van der Waals surface area (Å²) < 4.78 is 5.39. The zero-order chi connectivity index (χ0) is 18.3. The third kappa shape index (κ3) is 3.05. The van der Waals surface area contributed by atoms with Gasteiger partial charge in [-0.25, -0.2) is 9.78 Å². The molecule has 2 aromatic heterocycles. The Morgan fingerprint density at radius 1 is 1.27 bits per heavy atom. The van der Waals surface area contributed by atoms with E-state index in [1.165, 1.54) is 4.88 Å². The van der Waals surface area contributed by atoms with Gasteiger partial charge >= 0.3 is 5.97 Å². The number of aromatic nitrogens is 2. The number of rotatable bonds is 3. The van der Waals surface area contributed by atoms with Gasteiger partial charge in [0.1, 0.15) is 17.3 Å². The molecular formula is C20H20N2O3S. The van der Waals surface area contributed by atoms with Gasteiger partial charge in [-0.05, 0) is 56.7 Å². The van der Waals surface area contributed by atoms with Crippen molar-refractivity contribution in [2.45, 2.75) is 46.1 Å². The molecule has 5 nitrogen and oxygen atoms in total. The number of ether oxygens (including phenoxy) is 1. The number of hydrogen-bond acceptors (Lipinski definition) is 5. The molecule has 1 aliphatic carbocycles. The summed E-state index contributed by atoms with van der Waals surface area (Å²) in [4.78, 5) is 34.2. The Bertz CT molecular complexity index is 1060. The van der Waals surface area contributed by atoms with Crippen LogP contribution in [0.25, 0.3) is 10.2 Å². The van der Waals surface area contributed by atoms with Gasteiger partial charge in [0, 0.05) is 4.88 Å². The molecule has 0 unspecified atom stereocenters. The van der Waals surface area contributed by atoms with Crippen LogP contribution in [-0.2, 0) is 24.2 Å². The monoisotopic (exact) mass is 368 g/mol. The number of carbonyl (C=O) groups is 1. The minimum Gasteiger partial charge on any atom is -0.454 e. The van der Waals surface area contributed by atoms with E-state index >= 15 is 0 Å². The van der Waals surface area contributed by atoms with Crippen molar-refractivity contribution in [3.05, 3.63) is 61.5 Å². The first-order valence-corrected chi connectivity index (χ1v) is 9.62. The summed E-state index contributed by atoms with van der Waals surface area (Å²) in [7, 11) is 0. The highest BCUT2D eigenvalue weighted by molar-refractivity contribution is 7.18. The SMILES string of the molecule is Cc1ccc(C)c(C(=O)OCc2nc3sc4c(c3c(=O)[nH]2)CCCC4)c1. The largest absolute Gasteiger partial charge is 0.454 e. The number of nitrogens with zero attached hydrogens (tertiary/aromatic N) is 1. The van der Waals surface area contributed by atoms with E-state index in [1.807, 2.05) is 32.0 Å². The average molecular weight is 368 g/mol. The Morgan fingerprint density at radius 2 is 2.08 bits per heavy atom.